The van der Waals surface area contributed by atoms with Crippen LogP contribution in [-0.4, -0.2) is 30.6 Å². The summed E-state index contributed by atoms with van der Waals surface area (Å²) in [5.41, 5.74) is 2.92. The van der Waals surface area contributed by atoms with Crippen molar-refractivity contribution in [2.24, 2.45) is 45.6 Å². The van der Waals surface area contributed by atoms with Crippen LogP contribution in [0.5, 0.6) is 0 Å². The molecule has 0 radical (unpaired) electrons. The summed E-state index contributed by atoms with van der Waals surface area (Å²) in [5, 5.41) is 7.68. The molecule has 7 atom stereocenters. The molecule has 1 unspecified atom stereocenters. The number of halogens is 1. The zero-order valence-electron chi connectivity index (χ0n) is 20.5. The van der Waals surface area contributed by atoms with Gasteiger partial charge >= 0.3 is 5.97 Å². The molecule has 6 heteroatoms. The van der Waals surface area contributed by atoms with E-state index >= 15 is 0 Å². The molecule has 5 aliphatic rings. The van der Waals surface area contributed by atoms with Gasteiger partial charge in [0.25, 0.3) is 0 Å². The highest BCUT2D eigenvalue weighted by atomic mass is 35.5. The Morgan fingerprint density at radius 3 is 2.67 bits per heavy atom. The lowest BCUT2D eigenvalue weighted by atomic mass is 9.46. The Bertz CT molecular complexity index is 848. The topological polar surface area (TPSA) is 67.8 Å². The van der Waals surface area contributed by atoms with Gasteiger partial charge in [0.2, 0.25) is 0 Å². The van der Waals surface area contributed by atoms with Crippen LogP contribution in [0.2, 0.25) is 0 Å². The van der Waals surface area contributed by atoms with Crippen LogP contribution in [0.3, 0.4) is 0 Å². The molecule has 0 spiro atoms. The van der Waals surface area contributed by atoms with Crippen molar-refractivity contribution in [1.82, 2.24) is 5.32 Å². The number of piperidine rings is 1. The lowest BCUT2D eigenvalue weighted by Gasteiger charge is -2.58. The number of hydrogen-bond donors (Lipinski definition) is 1. The third-order valence-electron chi connectivity index (χ3n) is 10.4. The van der Waals surface area contributed by atoms with E-state index in [9.17, 15) is 9.59 Å². The molecule has 1 heterocycles. The fourth-order valence-corrected chi connectivity index (χ4v) is 8.55. The summed E-state index contributed by atoms with van der Waals surface area (Å²) >= 11 is 0. The van der Waals surface area contributed by atoms with Crippen molar-refractivity contribution in [3.05, 3.63) is 11.6 Å². The summed E-state index contributed by atoms with van der Waals surface area (Å²) in [6, 6.07) is 0. The van der Waals surface area contributed by atoms with Crippen LogP contribution in [0.1, 0.15) is 85.0 Å². The molecule has 184 valence electrons. The summed E-state index contributed by atoms with van der Waals surface area (Å²) < 4.78 is 0. The normalized spacial score (nSPS) is 42.9. The maximum absolute atomic E-state index is 12.5. The van der Waals surface area contributed by atoms with E-state index in [4.69, 9.17) is 4.84 Å². The van der Waals surface area contributed by atoms with Crippen LogP contribution in [0.4, 0.5) is 0 Å². The predicted molar refractivity (Wildman–Crippen MR) is 132 cm³/mol. The van der Waals surface area contributed by atoms with Crippen molar-refractivity contribution in [2.75, 3.05) is 13.1 Å². The van der Waals surface area contributed by atoms with Gasteiger partial charge < -0.3 is 10.2 Å². The van der Waals surface area contributed by atoms with Gasteiger partial charge in [-0.2, -0.15) is 0 Å². The number of allylic oxidation sites excluding steroid dienone is 1. The van der Waals surface area contributed by atoms with Gasteiger partial charge in [-0.25, -0.2) is 4.79 Å². The molecule has 4 fully saturated rings. The van der Waals surface area contributed by atoms with Gasteiger partial charge in [0, 0.05) is 18.9 Å². The average molecular weight is 477 g/mol. The number of nitrogens with one attached hydrogen (secondary N) is 1. The fourth-order valence-electron chi connectivity index (χ4n) is 8.55. The predicted octanol–water partition coefficient (Wildman–Crippen LogP) is 5.48. The summed E-state index contributed by atoms with van der Waals surface area (Å²) in [6.45, 7) is 8.70. The van der Waals surface area contributed by atoms with Gasteiger partial charge in [0.15, 0.2) is 5.78 Å². The van der Waals surface area contributed by atoms with Crippen molar-refractivity contribution in [1.29, 1.82) is 0 Å². The van der Waals surface area contributed by atoms with Crippen LogP contribution in [0.25, 0.3) is 0 Å². The monoisotopic (exact) mass is 476 g/mol. The van der Waals surface area contributed by atoms with Crippen molar-refractivity contribution in [3.8, 4) is 0 Å². The molecular formula is C27H41ClN2O3. The zero-order valence-corrected chi connectivity index (χ0v) is 21.3. The van der Waals surface area contributed by atoms with Gasteiger partial charge in [-0.15, -0.1) is 12.4 Å². The quantitative estimate of drug-likeness (QED) is 0.333. The van der Waals surface area contributed by atoms with Gasteiger partial charge in [-0.1, -0.05) is 24.6 Å². The van der Waals surface area contributed by atoms with Crippen LogP contribution < -0.4 is 5.32 Å². The molecule has 4 aliphatic carbocycles. The maximum Gasteiger partial charge on any atom is 0.339 e. The van der Waals surface area contributed by atoms with E-state index in [2.05, 4.69) is 31.2 Å². The number of nitrogens with zero attached hydrogens (tertiary/aromatic N) is 1. The minimum Gasteiger partial charge on any atom is -0.318 e. The molecule has 1 aliphatic heterocycles. The maximum atomic E-state index is 12.5. The molecule has 5 rings (SSSR count). The largest absolute Gasteiger partial charge is 0.339 e. The molecule has 0 bridgehead atoms. The van der Waals surface area contributed by atoms with Crippen molar-refractivity contribution in [2.45, 2.75) is 85.0 Å². The fraction of sp³-hybridized carbons (Fsp3) is 0.815. The molecule has 1 saturated heterocycles. The highest BCUT2D eigenvalue weighted by Crippen LogP contribution is 2.66. The molecule has 0 aromatic carbocycles. The number of oxime groups is 1. The van der Waals surface area contributed by atoms with Gasteiger partial charge in [-0.3, -0.25) is 4.79 Å². The van der Waals surface area contributed by atoms with Gasteiger partial charge in [-0.05, 0) is 106 Å². The molecule has 0 aromatic rings. The molecule has 33 heavy (non-hydrogen) atoms. The third-order valence-corrected chi connectivity index (χ3v) is 10.4. The third kappa shape index (κ3) is 4.22. The van der Waals surface area contributed by atoms with Crippen LogP contribution in [0.15, 0.2) is 16.8 Å². The van der Waals surface area contributed by atoms with E-state index in [0.717, 1.165) is 56.7 Å². The molecular weight excluding hydrogens is 436 g/mol. The number of carbonyl (C=O) groups is 2. The number of fused-ring (bicyclic) bond motifs is 5. The highest BCUT2D eigenvalue weighted by molar-refractivity contribution is 5.91. The molecule has 1 N–H and O–H groups in total. The summed E-state index contributed by atoms with van der Waals surface area (Å²) in [7, 11) is 0. The van der Waals surface area contributed by atoms with E-state index in [0.29, 0.717) is 30.1 Å². The van der Waals surface area contributed by atoms with E-state index < -0.39 is 0 Å². The Morgan fingerprint density at radius 1 is 1.09 bits per heavy atom. The standard InChI is InChI=1S/C27H40N2O3.ClH/c1-17(29-32-25(31)18-5-4-14-28-16-18)22-8-9-23-21-7-6-19-15-20(30)10-12-26(19,2)24(21)11-13-27(22,23)3;/h15,18,21-24,28H,4-14,16H2,1-3H3;1H/b29-17+;/t18?,21-,22+,23-,24-,26-,27+;/m0./s1. The Kier molecular flexibility index (Phi) is 7.13. The minimum atomic E-state index is -0.175. The van der Waals surface area contributed by atoms with Crippen LogP contribution in [-0.2, 0) is 14.4 Å². The van der Waals surface area contributed by atoms with Crippen LogP contribution >= 0.6 is 12.4 Å². The Balaban J connectivity index is 0.00000259. The van der Waals surface area contributed by atoms with Crippen molar-refractivity contribution in [3.63, 3.8) is 0 Å². The molecule has 3 saturated carbocycles. The van der Waals surface area contributed by atoms with E-state index in [1.807, 2.05) is 6.08 Å². The smallest absolute Gasteiger partial charge is 0.318 e. The number of hydrogen-bond acceptors (Lipinski definition) is 5. The molecule has 0 amide bonds. The summed E-state index contributed by atoms with van der Waals surface area (Å²) in [5.74, 6) is 2.68. The number of carbonyl (C=O) groups excluding carboxylic acids is 2. The Hall–Kier alpha value is -1.20. The van der Waals surface area contributed by atoms with Crippen molar-refractivity contribution < 1.29 is 14.4 Å². The summed E-state index contributed by atoms with van der Waals surface area (Å²) in [6.07, 6.45) is 12.9. The number of rotatable bonds is 3. The molecule has 0 aromatic heterocycles. The number of ketones is 1. The van der Waals surface area contributed by atoms with Crippen molar-refractivity contribution >= 4 is 29.9 Å². The second-order valence-corrected chi connectivity index (χ2v) is 11.8. The van der Waals surface area contributed by atoms with Crippen LogP contribution in [0, 0.1) is 40.4 Å². The van der Waals surface area contributed by atoms with E-state index in [1.54, 1.807) is 0 Å². The SMILES string of the molecule is C/C(=N\OC(=O)C1CCCNC1)[C@H]1CC[C@H]2[C@@H]3CCC4=CC(=O)CC[C@]4(C)[C@H]3CC[C@]12C.Cl. The first kappa shape index (κ1) is 24.9. The summed E-state index contributed by atoms with van der Waals surface area (Å²) in [4.78, 5) is 30.0. The Morgan fingerprint density at radius 2 is 1.91 bits per heavy atom. The first-order valence-corrected chi connectivity index (χ1v) is 13.0. The Labute approximate surface area is 204 Å². The zero-order chi connectivity index (χ0) is 22.5. The second-order valence-electron chi connectivity index (χ2n) is 11.8. The second kappa shape index (κ2) is 9.45. The van der Waals surface area contributed by atoms with E-state index in [1.165, 1.54) is 31.3 Å². The average Bonchev–Trinajstić information content (AvgIpc) is 3.15. The lowest BCUT2D eigenvalue weighted by Crippen LogP contribution is -2.51. The highest BCUT2D eigenvalue weighted by Gasteiger charge is 2.59. The first-order chi connectivity index (χ1) is 15.3. The first-order valence-electron chi connectivity index (χ1n) is 13.0. The minimum absolute atomic E-state index is 0. The lowest BCUT2D eigenvalue weighted by molar-refractivity contribution is -0.149. The van der Waals surface area contributed by atoms with E-state index in [-0.39, 0.29) is 35.1 Å². The van der Waals surface area contributed by atoms with Gasteiger partial charge in [0.05, 0.1) is 11.6 Å². The molecule has 5 nitrogen and oxygen atoms in total. The van der Waals surface area contributed by atoms with Gasteiger partial charge in [0.1, 0.15) is 0 Å².